The van der Waals surface area contributed by atoms with E-state index in [0.717, 1.165) is 21.8 Å². The van der Waals surface area contributed by atoms with Crippen LogP contribution in [0.1, 0.15) is 0 Å². The van der Waals surface area contributed by atoms with Crippen LogP contribution in [0.2, 0.25) is 0 Å². The molecule has 0 radical (unpaired) electrons. The molecule has 2 amide bonds. The Balaban J connectivity index is 1.39. The highest BCUT2D eigenvalue weighted by Gasteiger charge is 2.18. The van der Waals surface area contributed by atoms with Gasteiger partial charge < -0.3 is 15.5 Å². The van der Waals surface area contributed by atoms with Gasteiger partial charge in [-0.25, -0.2) is 17.9 Å². The molecule has 0 atom stereocenters. The summed E-state index contributed by atoms with van der Waals surface area (Å²) in [4.78, 5) is 14.5. The van der Waals surface area contributed by atoms with Gasteiger partial charge >= 0.3 is 6.03 Å². The number of benzene rings is 4. The molecule has 0 fully saturated rings. The molecule has 8 heteroatoms. The highest BCUT2D eigenvalue weighted by Crippen LogP contribution is 2.30. The molecule has 7 nitrogen and oxygen atoms in total. The van der Waals surface area contributed by atoms with Crippen LogP contribution in [0.3, 0.4) is 0 Å². The van der Waals surface area contributed by atoms with Gasteiger partial charge in [0.05, 0.1) is 10.6 Å². The van der Waals surface area contributed by atoms with Crippen LogP contribution >= 0.6 is 0 Å². The number of amides is 2. The number of rotatable bonds is 7. The number of carbonyl (C=O) groups is 1. The predicted octanol–water partition coefficient (Wildman–Crippen LogP) is 4.16. The molecule has 4 aromatic carbocycles. The number of hydrogen-bond acceptors (Lipinski definition) is 4. The lowest BCUT2D eigenvalue weighted by Gasteiger charge is -2.17. The van der Waals surface area contributed by atoms with Crippen molar-refractivity contribution < 1.29 is 13.2 Å². The third-order valence-corrected chi connectivity index (χ3v) is 6.89. The number of nitrogens with zero attached hydrogens (tertiary/aromatic N) is 1. The number of fused-ring (bicyclic) bond motifs is 2. The van der Waals surface area contributed by atoms with Crippen LogP contribution in [0.25, 0.3) is 21.5 Å². The van der Waals surface area contributed by atoms with Gasteiger partial charge in [0.2, 0.25) is 10.0 Å². The highest BCUT2D eigenvalue weighted by atomic mass is 32.2. The van der Waals surface area contributed by atoms with E-state index in [-0.39, 0.29) is 18.0 Å². The topological polar surface area (TPSA) is 90.5 Å². The Morgan fingerprint density at radius 1 is 0.788 bits per heavy atom. The number of anilines is 2. The van der Waals surface area contributed by atoms with Gasteiger partial charge in [0.25, 0.3) is 0 Å². The van der Waals surface area contributed by atoms with Gasteiger partial charge in [-0.05, 0) is 23.6 Å². The lowest BCUT2D eigenvalue weighted by molar-refractivity contribution is 0.252. The molecule has 3 N–H and O–H groups in total. The highest BCUT2D eigenvalue weighted by molar-refractivity contribution is 7.89. The maximum absolute atomic E-state index is 13.0. The van der Waals surface area contributed by atoms with E-state index in [1.54, 1.807) is 18.2 Å². The minimum atomic E-state index is -3.76. The van der Waals surface area contributed by atoms with E-state index in [1.807, 2.05) is 79.7 Å². The lowest BCUT2D eigenvalue weighted by atomic mass is 10.1. The quantitative estimate of drug-likeness (QED) is 0.360. The van der Waals surface area contributed by atoms with Gasteiger partial charge in [0.15, 0.2) is 0 Å². The zero-order chi connectivity index (χ0) is 23.4. The second-order valence-corrected chi connectivity index (χ2v) is 9.56. The van der Waals surface area contributed by atoms with E-state index >= 15 is 0 Å². The second kappa shape index (κ2) is 9.48. The van der Waals surface area contributed by atoms with E-state index in [4.69, 9.17) is 0 Å². The summed E-state index contributed by atoms with van der Waals surface area (Å²) in [5.74, 6) is 0. The largest absolute Gasteiger partial charge is 0.377 e. The molecule has 0 aromatic heterocycles. The molecular formula is C25H26N4O3S. The first-order valence-corrected chi connectivity index (χ1v) is 12.1. The minimum Gasteiger partial charge on any atom is -0.377 e. The van der Waals surface area contributed by atoms with Crippen molar-refractivity contribution in [2.24, 2.45) is 0 Å². The third-order valence-electron chi connectivity index (χ3n) is 5.37. The third kappa shape index (κ3) is 4.92. The van der Waals surface area contributed by atoms with Crippen molar-refractivity contribution in [3.63, 3.8) is 0 Å². The molecule has 4 aromatic rings. The molecule has 0 aliphatic heterocycles. The Labute approximate surface area is 193 Å². The van der Waals surface area contributed by atoms with Crippen molar-refractivity contribution >= 4 is 49.0 Å². The first-order valence-electron chi connectivity index (χ1n) is 10.6. The normalized spacial score (nSPS) is 11.5. The summed E-state index contributed by atoms with van der Waals surface area (Å²) in [6, 6.07) is 23.9. The number of nitrogens with one attached hydrogen (secondary N) is 3. The van der Waals surface area contributed by atoms with E-state index in [2.05, 4.69) is 15.4 Å². The van der Waals surface area contributed by atoms with Crippen molar-refractivity contribution in [2.75, 3.05) is 37.4 Å². The molecule has 0 bridgehead atoms. The molecule has 33 heavy (non-hydrogen) atoms. The molecule has 0 heterocycles. The van der Waals surface area contributed by atoms with Crippen molar-refractivity contribution in [3.8, 4) is 0 Å². The monoisotopic (exact) mass is 462 g/mol. The van der Waals surface area contributed by atoms with Crippen LogP contribution in [-0.2, 0) is 10.0 Å². The standard InChI is InChI=1S/C25H26N4O3S/c1-29(2)23-14-6-12-21-20(23)11-7-15-24(21)33(31,32)27-17-16-26-25(30)28-22-13-5-9-18-8-3-4-10-19(18)22/h3-15,27H,16-17H2,1-2H3,(H2,26,28,30). The molecule has 4 rings (SSSR count). The number of sulfonamides is 1. The van der Waals surface area contributed by atoms with Gasteiger partial charge in [0.1, 0.15) is 0 Å². The zero-order valence-electron chi connectivity index (χ0n) is 18.5. The molecule has 170 valence electrons. The Hall–Kier alpha value is -3.62. The minimum absolute atomic E-state index is 0.0645. The molecule has 0 unspecified atom stereocenters. The fraction of sp³-hybridized carbons (Fsp3) is 0.160. The SMILES string of the molecule is CN(C)c1cccc2c(S(=O)(=O)NCCNC(=O)Nc3cccc4ccccc34)cccc12. The average molecular weight is 463 g/mol. The number of carbonyl (C=O) groups excluding carboxylic acids is 1. The van der Waals surface area contributed by atoms with Crippen LogP contribution < -0.4 is 20.3 Å². The van der Waals surface area contributed by atoms with Crippen LogP contribution in [0, 0.1) is 0 Å². The van der Waals surface area contributed by atoms with E-state index in [9.17, 15) is 13.2 Å². The van der Waals surface area contributed by atoms with Crippen LogP contribution in [0.4, 0.5) is 16.2 Å². The maximum atomic E-state index is 13.0. The summed E-state index contributed by atoms with van der Waals surface area (Å²) in [5, 5.41) is 8.99. The average Bonchev–Trinajstić information content (AvgIpc) is 2.81. The van der Waals surface area contributed by atoms with E-state index in [0.29, 0.717) is 11.1 Å². The Bertz CT molecular complexity index is 1410. The van der Waals surface area contributed by atoms with Crippen molar-refractivity contribution in [2.45, 2.75) is 4.90 Å². The first-order chi connectivity index (χ1) is 15.9. The second-order valence-electron chi connectivity index (χ2n) is 7.83. The van der Waals surface area contributed by atoms with Crippen molar-refractivity contribution in [1.29, 1.82) is 0 Å². The molecule has 0 saturated heterocycles. The Kier molecular flexibility index (Phi) is 6.48. The van der Waals surface area contributed by atoms with Crippen LogP contribution in [0.5, 0.6) is 0 Å². The summed E-state index contributed by atoms with van der Waals surface area (Å²) >= 11 is 0. The lowest BCUT2D eigenvalue weighted by Crippen LogP contribution is -2.36. The number of urea groups is 1. The van der Waals surface area contributed by atoms with E-state index in [1.165, 1.54) is 0 Å². The fourth-order valence-corrected chi connectivity index (χ4v) is 5.08. The smallest absolute Gasteiger partial charge is 0.319 e. The van der Waals surface area contributed by atoms with Crippen molar-refractivity contribution in [1.82, 2.24) is 10.0 Å². The van der Waals surface area contributed by atoms with Gasteiger partial charge in [-0.2, -0.15) is 0 Å². The van der Waals surface area contributed by atoms with E-state index < -0.39 is 16.1 Å². The van der Waals surface area contributed by atoms with Gasteiger partial charge in [0, 0.05) is 49.0 Å². The summed E-state index contributed by atoms with van der Waals surface area (Å²) < 4.78 is 28.5. The predicted molar refractivity (Wildman–Crippen MR) is 134 cm³/mol. The number of hydrogen-bond donors (Lipinski definition) is 3. The summed E-state index contributed by atoms with van der Waals surface area (Å²) in [7, 11) is 0.0844. The van der Waals surface area contributed by atoms with Crippen LogP contribution in [0.15, 0.2) is 83.8 Å². The van der Waals surface area contributed by atoms with Gasteiger partial charge in [-0.3, -0.25) is 0 Å². The van der Waals surface area contributed by atoms with Gasteiger partial charge in [-0.15, -0.1) is 0 Å². The molecular weight excluding hydrogens is 436 g/mol. The van der Waals surface area contributed by atoms with Crippen LogP contribution in [-0.4, -0.2) is 41.6 Å². The summed E-state index contributed by atoms with van der Waals surface area (Å²) in [6.45, 7) is 0.207. The Morgan fingerprint density at radius 2 is 1.45 bits per heavy atom. The molecule has 0 aliphatic carbocycles. The fourth-order valence-electron chi connectivity index (χ4n) is 3.83. The first kappa shape index (κ1) is 22.6. The van der Waals surface area contributed by atoms with Gasteiger partial charge in [-0.1, -0.05) is 60.7 Å². The zero-order valence-corrected chi connectivity index (χ0v) is 19.3. The molecule has 0 saturated carbocycles. The summed E-state index contributed by atoms with van der Waals surface area (Å²) in [6.07, 6.45) is 0. The molecule has 0 aliphatic rings. The maximum Gasteiger partial charge on any atom is 0.319 e. The molecule has 0 spiro atoms. The Morgan fingerprint density at radius 3 is 2.27 bits per heavy atom. The summed E-state index contributed by atoms with van der Waals surface area (Å²) in [5.41, 5.74) is 1.63. The van der Waals surface area contributed by atoms with Crippen molar-refractivity contribution in [3.05, 3.63) is 78.9 Å².